The van der Waals surface area contributed by atoms with Gasteiger partial charge in [-0.05, 0) is 24.3 Å². The summed E-state index contributed by atoms with van der Waals surface area (Å²) in [5.74, 6) is -19.3. The van der Waals surface area contributed by atoms with Crippen molar-refractivity contribution in [2.24, 2.45) is 0 Å². The topological polar surface area (TPSA) is 95.7 Å². The van der Waals surface area contributed by atoms with E-state index in [-0.39, 0.29) is 11.3 Å². The Morgan fingerprint density at radius 3 is 1.74 bits per heavy atom. The maximum Gasteiger partial charge on any atom is 0.460 e. The van der Waals surface area contributed by atoms with Gasteiger partial charge in [0, 0.05) is 12.1 Å². The van der Waals surface area contributed by atoms with Crippen LogP contribution in [0, 0.1) is 10.1 Å². The number of alkyl halides is 7. The zero-order valence-electron chi connectivity index (χ0n) is 14.7. The summed E-state index contributed by atoms with van der Waals surface area (Å²) in [5, 5.41) is 10.6. The Morgan fingerprint density at radius 2 is 1.29 bits per heavy atom. The summed E-state index contributed by atoms with van der Waals surface area (Å²) in [6.45, 7) is 0. The molecule has 0 N–H and O–H groups in total. The predicted molar refractivity (Wildman–Crippen MR) is 86.1 cm³/mol. The molecule has 2 rings (SSSR count). The fourth-order valence-electron chi connectivity index (χ4n) is 1.97. The van der Waals surface area contributed by atoms with Crippen molar-refractivity contribution in [2.75, 3.05) is 0 Å². The van der Waals surface area contributed by atoms with E-state index in [1.807, 2.05) is 0 Å². The molecule has 0 amide bonds. The minimum Gasteiger partial charge on any atom is -0.419 e. The van der Waals surface area contributed by atoms with Crippen molar-refractivity contribution in [1.29, 1.82) is 0 Å². The normalized spacial score (nSPS) is 12.2. The molecule has 0 radical (unpaired) electrons. The molecule has 0 aliphatic carbocycles. The monoisotopic (exact) mass is 455 g/mol. The number of nitro groups is 1. The highest BCUT2D eigenvalue weighted by Crippen LogP contribution is 2.47. The van der Waals surface area contributed by atoms with Crippen molar-refractivity contribution in [2.45, 2.75) is 18.0 Å². The van der Waals surface area contributed by atoms with Gasteiger partial charge in [0.15, 0.2) is 11.5 Å². The van der Waals surface area contributed by atoms with Crippen LogP contribution in [0.4, 0.5) is 36.4 Å². The first-order chi connectivity index (χ1) is 14.2. The van der Waals surface area contributed by atoms with Gasteiger partial charge in [-0.15, -0.1) is 0 Å². The van der Waals surface area contributed by atoms with E-state index >= 15 is 0 Å². The molecule has 0 aromatic heterocycles. The third-order valence-electron chi connectivity index (χ3n) is 3.58. The van der Waals surface area contributed by atoms with E-state index in [4.69, 9.17) is 4.74 Å². The average Bonchev–Trinajstić information content (AvgIpc) is 2.68. The van der Waals surface area contributed by atoms with E-state index in [1.54, 1.807) is 0 Å². The zero-order chi connectivity index (χ0) is 23.6. The Kier molecular flexibility index (Phi) is 6.23. The number of carbonyl (C=O) groups excluding carboxylic acids is 2. The highest BCUT2D eigenvalue weighted by atomic mass is 19.4. The molecule has 0 spiro atoms. The van der Waals surface area contributed by atoms with Crippen LogP contribution in [-0.4, -0.2) is 34.9 Å². The predicted octanol–water partition coefficient (Wildman–Crippen LogP) is 4.55. The van der Waals surface area contributed by atoms with Crippen LogP contribution in [0.1, 0.15) is 10.4 Å². The SMILES string of the molecule is O=C(Oc1ccccc1OC(=O)C(F)(F)C(F)(F)C(F)(F)F)c1ccc([N+](=O)[O-])cc1. The Labute approximate surface area is 167 Å². The Hall–Kier alpha value is -3.71. The van der Waals surface area contributed by atoms with Crippen LogP contribution < -0.4 is 9.47 Å². The Balaban J connectivity index is 2.25. The van der Waals surface area contributed by atoms with Crippen LogP contribution in [-0.2, 0) is 4.79 Å². The van der Waals surface area contributed by atoms with Crippen LogP contribution in [0.15, 0.2) is 48.5 Å². The lowest BCUT2D eigenvalue weighted by atomic mass is 10.1. The minimum absolute atomic E-state index is 0.277. The van der Waals surface area contributed by atoms with Gasteiger partial charge in [-0.25, -0.2) is 9.59 Å². The standard InChI is InChI=1S/C17H8F7NO6/c18-15(19,16(20,21)17(22,23)24)14(27)31-12-4-2-1-3-11(12)30-13(26)9-5-7-10(8-6-9)25(28)29/h1-8H. The van der Waals surface area contributed by atoms with Crippen LogP contribution in [0.3, 0.4) is 0 Å². The first kappa shape index (κ1) is 23.6. The number of nitrogens with zero attached hydrogens (tertiary/aromatic N) is 1. The van der Waals surface area contributed by atoms with E-state index in [9.17, 15) is 50.4 Å². The molecular formula is C17H8F7NO6. The molecule has 0 aliphatic heterocycles. The van der Waals surface area contributed by atoms with E-state index in [1.165, 1.54) is 0 Å². The van der Waals surface area contributed by atoms with Crippen LogP contribution >= 0.6 is 0 Å². The average molecular weight is 455 g/mol. The number of benzene rings is 2. The molecule has 7 nitrogen and oxygen atoms in total. The van der Waals surface area contributed by atoms with Crippen LogP contribution in [0.25, 0.3) is 0 Å². The molecule has 0 aliphatic rings. The molecule has 31 heavy (non-hydrogen) atoms. The summed E-state index contributed by atoms with van der Waals surface area (Å²) in [7, 11) is 0. The van der Waals surface area contributed by atoms with Gasteiger partial charge in [-0.3, -0.25) is 10.1 Å². The van der Waals surface area contributed by atoms with Crippen molar-refractivity contribution in [3.63, 3.8) is 0 Å². The first-order valence-corrected chi connectivity index (χ1v) is 7.79. The smallest absolute Gasteiger partial charge is 0.419 e. The molecule has 0 atom stereocenters. The fourth-order valence-corrected chi connectivity index (χ4v) is 1.97. The van der Waals surface area contributed by atoms with Crippen LogP contribution in [0.5, 0.6) is 11.5 Å². The van der Waals surface area contributed by atoms with E-state index in [0.717, 1.165) is 42.5 Å². The number of nitro benzene ring substituents is 1. The summed E-state index contributed by atoms with van der Waals surface area (Å²) < 4.78 is 98.1. The third kappa shape index (κ3) is 4.73. The quantitative estimate of drug-likeness (QED) is 0.209. The van der Waals surface area contributed by atoms with Gasteiger partial charge in [0.25, 0.3) is 5.69 Å². The number of hydrogen-bond donors (Lipinski definition) is 0. The number of esters is 2. The second kappa shape index (κ2) is 8.20. The zero-order valence-corrected chi connectivity index (χ0v) is 14.7. The highest BCUT2D eigenvalue weighted by Gasteiger charge is 2.77. The molecule has 0 heterocycles. The largest absolute Gasteiger partial charge is 0.460 e. The number of para-hydroxylation sites is 2. The highest BCUT2D eigenvalue weighted by molar-refractivity contribution is 5.92. The summed E-state index contributed by atoms with van der Waals surface area (Å²) in [5.41, 5.74) is -0.653. The van der Waals surface area contributed by atoms with Crippen molar-refractivity contribution in [3.05, 3.63) is 64.2 Å². The lowest BCUT2D eigenvalue weighted by Crippen LogP contribution is -2.57. The summed E-state index contributed by atoms with van der Waals surface area (Å²) in [6, 6.07) is 7.51. The molecule has 0 saturated heterocycles. The number of rotatable bonds is 6. The maximum absolute atomic E-state index is 13.4. The third-order valence-corrected chi connectivity index (χ3v) is 3.58. The maximum atomic E-state index is 13.4. The number of hydrogen-bond acceptors (Lipinski definition) is 6. The molecule has 0 fully saturated rings. The van der Waals surface area contributed by atoms with E-state index in [2.05, 4.69) is 4.74 Å². The van der Waals surface area contributed by atoms with Crippen molar-refractivity contribution in [3.8, 4) is 11.5 Å². The second-order valence-corrected chi connectivity index (χ2v) is 5.68. The lowest BCUT2D eigenvalue weighted by molar-refractivity contribution is -0.384. The van der Waals surface area contributed by atoms with Gasteiger partial charge in [0.05, 0.1) is 10.5 Å². The minimum atomic E-state index is -6.75. The number of halogens is 7. The molecule has 0 saturated carbocycles. The molecule has 166 valence electrons. The van der Waals surface area contributed by atoms with Crippen molar-refractivity contribution < 1.29 is 54.7 Å². The second-order valence-electron chi connectivity index (χ2n) is 5.68. The number of ether oxygens (including phenoxy) is 2. The Bertz CT molecular complexity index is 1000. The van der Waals surface area contributed by atoms with Gasteiger partial charge in [-0.2, -0.15) is 30.7 Å². The number of carbonyl (C=O) groups is 2. The van der Waals surface area contributed by atoms with Gasteiger partial charge >= 0.3 is 30.0 Å². The molecule has 2 aromatic carbocycles. The van der Waals surface area contributed by atoms with Gasteiger partial charge in [0.1, 0.15) is 0 Å². The van der Waals surface area contributed by atoms with Crippen LogP contribution in [0.2, 0.25) is 0 Å². The molecule has 0 unspecified atom stereocenters. The molecule has 14 heteroatoms. The van der Waals surface area contributed by atoms with Gasteiger partial charge < -0.3 is 9.47 Å². The summed E-state index contributed by atoms with van der Waals surface area (Å²) in [4.78, 5) is 33.3. The van der Waals surface area contributed by atoms with Crippen molar-refractivity contribution in [1.82, 2.24) is 0 Å². The Morgan fingerprint density at radius 1 is 0.806 bits per heavy atom. The van der Waals surface area contributed by atoms with Crippen molar-refractivity contribution >= 4 is 17.6 Å². The van der Waals surface area contributed by atoms with E-state index in [0.29, 0.717) is 6.07 Å². The lowest BCUT2D eigenvalue weighted by Gasteiger charge is -2.26. The summed E-state index contributed by atoms with van der Waals surface area (Å²) >= 11 is 0. The summed E-state index contributed by atoms with van der Waals surface area (Å²) in [6.07, 6.45) is -6.75. The number of non-ortho nitro benzene ring substituents is 1. The molecule has 2 aromatic rings. The molecule has 0 bridgehead atoms. The van der Waals surface area contributed by atoms with Gasteiger partial charge in [-0.1, -0.05) is 12.1 Å². The first-order valence-electron chi connectivity index (χ1n) is 7.79. The van der Waals surface area contributed by atoms with Gasteiger partial charge in [0.2, 0.25) is 0 Å². The fraction of sp³-hybridized carbons (Fsp3) is 0.176. The molecular weight excluding hydrogens is 447 g/mol. The van der Waals surface area contributed by atoms with E-state index < -0.39 is 46.4 Å².